The van der Waals surface area contributed by atoms with Crippen molar-refractivity contribution in [3.63, 3.8) is 0 Å². The van der Waals surface area contributed by atoms with E-state index in [9.17, 15) is 0 Å². The summed E-state index contributed by atoms with van der Waals surface area (Å²) in [6, 6.07) is 8.88. The van der Waals surface area contributed by atoms with Crippen LogP contribution in [0.5, 0.6) is 0 Å². The minimum Gasteiger partial charge on any atom is -0.327 e. The van der Waals surface area contributed by atoms with E-state index in [4.69, 9.17) is 25.8 Å². The lowest BCUT2D eigenvalue weighted by molar-refractivity contribution is -0.407. The molecule has 0 saturated carbocycles. The Balaban J connectivity index is 3.08. The Labute approximate surface area is 235 Å². The number of halogens is 1. The van der Waals surface area contributed by atoms with E-state index >= 15 is 0 Å². The predicted octanol–water partition coefficient (Wildman–Crippen LogP) is 10.8. The lowest BCUT2D eigenvalue weighted by atomic mass is 9.90. The highest BCUT2D eigenvalue weighted by atomic mass is 35.5. The van der Waals surface area contributed by atoms with Crippen molar-refractivity contribution in [1.29, 1.82) is 0 Å². The molecule has 1 aromatic carbocycles. The SMILES string of the molecule is CCCCCCCCC(CCc1ccc(C(Cl)CC)cc1)C(OCCCC)(OCCCC)OCCCC. The molecule has 216 valence electrons. The number of benzene rings is 1. The number of ether oxygens (including phenoxy) is 3. The standard InChI is InChI=1S/C33H59ClO3/c1-6-11-15-16-17-18-19-31(25-22-29-20-23-30(24-21-29)32(34)10-5)33(35-26-12-7-2,36-27-13-8-3)37-28-14-9-4/h20-21,23-24,31-32H,6-19,22,25-28H2,1-5H3. The fraction of sp³-hybridized carbons (Fsp3) is 0.818. The molecule has 3 nitrogen and oxygen atoms in total. The largest absolute Gasteiger partial charge is 0.327 e. The Morgan fingerprint density at radius 1 is 0.622 bits per heavy atom. The molecule has 37 heavy (non-hydrogen) atoms. The van der Waals surface area contributed by atoms with Crippen molar-refractivity contribution < 1.29 is 14.2 Å². The monoisotopic (exact) mass is 538 g/mol. The number of rotatable bonds is 25. The van der Waals surface area contributed by atoms with E-state index < -0.39 is 5.97 Å². The Hall–Kier alpha value is -0.610. The van der Waals surface area contributed by atoms with Crippen LogP contribution in [-0.4, -0.2) is 25.8 Å². The molecule has 0 aliphatic rings. The molecule has 2 atom stereocenters. The third-order valence-corrected chi connectivity index (χ3v) is 7.85. The molecule has 0 N–H and O–H groups in total. The maximum Gasteiger partial charge on any atom is 0.285 e. The first-order chi connectivity index (χ1) is 18.1. The van der Waals surface area contributed by atoms with Gasteiger partial charge in [0.05, 0.1) is 25.2 Å². The normalized spacial score (nSPS) is 13.7. The highest BCUT2D eigenvalue weighted by molar-refractivity contribution is 6.20. The third-order valence-electron chi connectivity index (χ3n) is 7.29. The second-order valence-electron chi connectivity index (χ2n) is 10.6. The molecule has 0 radical (unpaired) electrons. The summed E-state index contributed by atoms with van der Waals surface area (Å²) in [4.78, 5) is 0. The fourth-order valence-electron chi connectivity index (χ4n) is 4.69. The number of aryl methyl sites for hydroxylation is 1. The Morgan fingerprint density at radius 3 is 1.59 bits per heavy atom. The molecule has 0 fully saturated rings. The fourth-order valence-corrected chi connectivity index (χ4v) is 4.84. The molecule has 1 aromatic rings. The molecule has 0 aromatic heterocycles. The van der Waals surface area contributed by atoms with Crippen molar-refractivity contribution in [2.75, 3.05) is 19.8 Å². The van der Waals surface area contributed by atoms with Gasteiger partial charge in [-0.25, -0.2) is 0 Å². The minimum atomic E-state index is -0.938. The number of unbranched alkanes of at least 4 members (excludes halogenated alkanes) is 8. The molecule has 0 saturated heterocycles. The summed E-state index contributed by atoms with van der Waals surface area (Å²) in [5.41, 5.74) is 2.56. The first-order valence-corrected chi connectivity index (χ1v) is 16.1. The average Bonchev–Trinajstić information content (AvgIpc) is 2.92. The van der Waals surface area contributed by atoms with Crippen molar-refractivity contribution in [3.8, 4) is 0 Å². The van der Waals surface area contributed by atoms with Crippen molar-refractivity contribution in [1.82, 2.24) is 0 Å². The lowest BCUT2D eigenvalue weighted by Gasteiger charge is -2.40. The smallest absolute Gasteiger partial charge is 0.285 e. The van der Waals surface area contributed by atoms with Gasteiger partial charge in [-0.2, -0.15) is 0 Å². The predicted molar refractivity (Wildman–Crippen MR) is 160 cm³/mol. The van der Waals surface area contributed by atoms with Crippen molar-refractivity contribution in [2.45, 2.75) is 149 Å². The molecule has 0 aliphatic heterocycles. The Kier molecular flexibility index (Phi) is 20.7. The Morgan fingerprint density at radius 2 is 1.11 bits per heavy atom. The topological polar surface area (TPSA) is 27.7 Å². The number of hydrogen-bond donors (Lipinski definition) is 0. The second kappa shape index (κ2) is 22.2. The summed E-state index contributed by atoms with van der Waals surface area (Å²) in [6.07, 6.45) is 18.2. The van der Waals surface area contributed by atoms with Crippen LogP contribution in [0.3, 0.4) is 0 Å². The van der Waals surface area contributed by atoms with Gasteiger partial charge in [0.1, 0.15) is 0 Å². The molecule has 0 heterocycles. The van der Waals surface area contributed by atoms with Gasteiger partial charge in [-0.15, -0.1) is 11.6 Å². The van der Waals surface area contributed by atoms with E-state index in [2.05, 4.69) is 58.9 Å². The van der Waals surface area contributed by atoms with E-state index in [0.29, 0.717) is 19.8 Å². The van der Waals surface area contributed by atoms with Gasteiger partial charge < -0.3 is 14.2 Å². The van der Waals surface area contributed by atoms with Crippen LogP contribution in [0.4, 0.5) is 0 Å². The summed E-state index contributed by atoms with van der Waals surface area (Å²) >= 11 is 6.46. The second-order valence-corrected chi connectivity index (χ2v) is 11.1. The van der Waals surface area contributed by atoms with Gasteiger partial charge in [0.25, 0.3) is 5.97 Å². The Bertz CT molecular complexity index is 606. The molecule has 1 rings (SSSR count). The van der Waals surface area contributed by atoms with Crippen molar-refractivity contribution in [3.05, 3.63) is 35.4 Å². The first-order valence-electron chi connectivity index (χ1n) is 15.7. The van der Waals surface area contributed by atoms with Crippen molar-refractivity contribution >= 4 is 11.6 Å². The van der Waals surface area contributed by atoms with Crippen LogP contribution >= 0.6 is 11.6 Å². The third kappa shape index (κ3) is 14.4. The van der Waals surface area contributed by atoms with E-state index in [1.54, 1.807) is 0 Å². The van der Waals surface area contributed by atoms with Gasteiger partial charge in [0, 0.05) is 5.92 Å². The zero-order valence-electron chi connectivity index (χ0n) is 25.0. The van der Waals surface area contributed by atoms with E-state index in [1.807, 2.05) is 0 Å². The first kappa shape index (κ1) is 34.4. The number of alkyl halides is 1. The summed E-state index contributed by atoms with van der Waals surface area (Å²) in [6.45, 7) is 13.1. The van der Waals surface area contributed by atoms with Crippen molar-refractivity contribution in [2.24, 2.45) is 5.92 Å². The summed E-state index contributed by atoms with van der Waals surface area (Å²) in [5.74, 6) is -0.730. The van der Waals surface area contributed by atoms with Crippen LogP contribution < -0.4 is 0 Å². The van der Waals surface area contributed by atoms with Gasteiger partial charge >= 0.3 is 0 Å². The highest BCUT2D eigenvalue weighted by Crippen LogP contribution is 2.35. The van der Waals surface area contributed by atoms with Gasteiger partial charge in [-0.3, -0.25) is 0 Å². The molecule has 0 bridgehead atoms. The molecular weight excluding hydrogens is 480 g/mol. The highest BCUT2D eigenvalue weighted by Gasteiger charge is 2.42. The van der Waals surface area contributed by atoms with Crippen LogP contribution in [0, 0.1) is 5.92 Å². The van der Waals surface area contributed by atoms with Gasteiger partial charge in [-0.1, -0.05) is 117 Å². The summed E-state index contributed by atoms with van der Waals surface area (Å²) in [7, 11) is 0. The maximum atomic E-state index is 6.61. The molecule has 0 amide bonds. The summed E-state index contributed by atoms with van der Waals surface area (Å²) < 4.78 is 19.8. The molecular formula is C33H59ClO3. The average molecular weight is 539 g/mol. The van der Waals surface area contributed by atoms with Gasteiger partial charge in [-0.05, 0) is 56.1 Å². The molecule has 0 spiro atoms. The molecule has 0 aliphatic carbocycles. The quantitative estimate of drug-likeness (QED) is 0.0703. The zero-order valence-corrected chi connectivity index (χ0v) is 25.8. The van der Waals surface area contributed by atoms with E-state index in [1.165, 1.54) is 49.7 Å². The lowest BCUT2D eigenvalue weighted by Crippen LogP contribution is -2.47. The van der Waals surface area contributed by atoms with E-state index in [-0.39, 0.29) is 11.3 Å². The zero-order chi connectivity index (χ0) is 27.2. The number of hydrogen-bond acceptors (Lipinski definition) is 3. The van der Waals surface area contributed by atoms with Crippen LogP contribution in [0.25, 0.3) is 0 Å². The summed E-state index contributed by atoms with van der Waals surface area (Å²) in [5, 5.41) is 0.0908. The minimum absolute atomic E-state index is 0.0908. The van der Waals surface area contributed by atoms with Crippen LogP contribution in [0.15, 0.2) is 24.3 Å². The maximum absolute atomic E-state index is 6.61. The molecule has 4 heteroatoms. The van der Waals surface area contributed by atoms with Gasteiger partial charge in [0.2, 0.25) is 0 Å². The van der Waals surface area contributed by atoms with Crippen LogP contribution in [-0.2, 0) is 20.6 Å². The van der Waals surface area contributed by atoms with Gasteiger partial charge in [0.15, 0.2) is 0 Å². The van der Waals surface area contributed by atoms with E-state index in [0.717, 1.165) is 64.2 Å². The van der Waals surface area contributed by atoms with Crippen LogP contribution in [0.2, 0.25) is 0 Å². The molecule has 2 unspecified atom stereocenters. The van der Waals surface area contributed by atoms with Crippen LogP contribution in [0.1, 0.15) is 147 Å².